The van der Waals surface area contributed by atoms with E-state index in [-0.39, 0.29) is 60.4 Å². The third-order valence-electron chi connectivity index (χ3n) is 9.51. The lowest BCUT2D eigenvalue weighted by Crippen LogP contribution is -2.42. The molecule has 4 aliphatic heterocycles. The minimum absolute atomic E-state index is 0.0779. The molecule has 18 heteroatoms. The summed E-state index contributed by atoms with van der Waals surface area (Å²) >= 11 is 0. The van der Waals surface area contributed by atoms with Gasteiger partial charge in [-0.1, -0.05) is 0 Å². The van der Waals surface area contributed by atoms with Crippen LogP contribution in [0.1, 0.15) is 54.0 Å². The highest BCUT2D eigenvalue weighted by molar-refractivity contribution is 5.88. The van der Waals surface area contributed by atoms with Crippen LogP contribution in [-0.4, -0.2) is 90.1 Å². The van der Waals surface area contributed by atoms with Crippen LogP contribution < -0.4 is 22.9 Å². The SMILES string of the molecule is C=C1O[C@@H]2[C@@H](COC(C)C)O[C@@H](n3ccc4c(N)nc(N)nc43)[C@]2(C)O1.C=C1O[C@@H]2[C@@H](COC(C)C)O[C@@H](n3ccc4c(N)nc(N)nc43)[C@]2(C)O1. The molecule has 0 saturated carbocycles. The van der Waals surface area contributed by atoms with Crippen molar-refractivity contribution in [3.8, 4) is 0 Å². The summed E-state index contributed by atoms with van der Waals surface area (Å²) in [6.45, 7) is 20.1. The van der Waals surface area contributed by atoms with Crippen LogP contribution in [0.2, 0.25) is 0 Å². The summed E-state index contributed by atoms with van der Waals surface area (Å²) in [5, 5.41) is 1.39. The molecule has 8 rings (SSSR count). The fraction of sp³-hybridized carbons (Fsp3) is 0.529. The van der Waals surface area contributed by atoms with E-state index in [0.29, 0.717) is 46.9 Å². The normalized spacial score (nSPS) is 30.6. The Morgan fingerprint density at radius 1 is 0.692 bits per heavy atom. The number of aromatic nitrogens is 6. The molecule has 0 amide bonds. The van der Waals surface area contributed by atoms with E-state index < -0.39 is 23.7 Å². The Bertz CT molecular complexity index is 1870. The van der Waals surface area contributed by atoms with Crippen molar-refractivity contribution in [2.24, 2.45) is 0 Å². The maximum absolute atomic E-state index is 6.27. The predicted octanol–water partition coefficient (Wildman–Crippen LogP) is 3.13. The molecule has 4 saturated heterocycles. The Labute approximate surface area is 299 Å². The molecule has 0 radical (unpaired) electrons. The number of nitrogens with two attached hydrogens (primary N) is 4. The van der Waals surface area contributed by atoms with Gasteiger partial charge in [0.05, 0.1) is 36.2 Å². The van der Waals surface area contributed by atoms with Gasteiger partial charge in [-0.25, -0.2) is 0 Å². The summed E-state index contributed by atoms with van der Waals surface area (Å²) < 4.78 is 51.2. The average molecular weight is 723 g/mol. The van der Waals surface area contributed by atoms with Gasteiger partial charge in [-0.3, -0.25) is 0 Å². The van der Waals surface area contributed by atoms with Crippen LogP contribution in [0.3, 0.4) is 0 Å². The number of hydrogen-bond donors (Lipinski definition) is 4. The molecule has 4 aromatic rings. The van der Waals surface area contributed by atoms with Crippen molar-refractivity contribution in [1.82, 2.24) is 29.1 Å². The standard InChI is InChI=1S/2C17H23N5O4/c2*1-8(2)23-7-11-12-17(4,26-9(3)24-12)15(25-11)22-6-5-10-13(18)20-16(19)21-14(10)22/h2*5-6,8,11-12,15H,3,7H2,1-2,4H3,(H4,18,19,20,21)/t2*11-,12-,15-,17-/m11/s1. The monoisotopic (exact) mass is 722 g/mol. The minimum atomic E-state index is -0.789. The number of hydrogen-bond acceptors (Lipinski definition) is 16. The molecule has 4 aromatic heterocycles. The van der Waals surface area contributed by atoms with E-state index in [2.05, 4.69) is 33.1 Å². The zero-order valence-electron chi connectivity index (χ0n) is 30.0. The lowest BCUT2D eigenvalue weighted by Gasteiger charge is -2.27. The number of anilines is 4. The zero-order valence-corrected chi connectivity index (χ0v) is 30.0. The number of nitrogens with zero attached hydrogens (tertiary/aromatic N) is 6. The van der Waals surface area contributed by atoms with Crippen molar-refractivity contribution >= 4 is 45.6 Å². The van der Waals surface area contributed by atoms with Gasteiger partial charge in [-0.05, 0) is 66.8 Å². The third-order valence-corrected chi connectivity index (χ3v) is 9.51. The van der Waals surface area contributed by atoms with Crippen LogP contribution in [0.4, 0.5) is 23.5 Å². The number of fused-ring (bicyclic) bond motifs is 4. The summed E-state index contributed by atoms with van der Waals surface area (Å²) in [5.41, 5.74) is 23.1. The van der Waals surface area contributed by atoms with Crippen molar-refractivity contribution in [1.29, 1.82) is 0 Å². The molecular weight excluding hydrogens is 676 g/mol. The van der Waals surface area contributed by atoms with E-state index in [1.54, 1.807) is 0 Å². The van der Waals surface area contributed by atoms with Crippen LogP contribution >= 0.6 is 0 Å². The smallest absolute Gasteiger partial charge is 0.272 e. The fourth-order valence-electron chi connectivity index (χ4n) is 7.23. The molecular formula is C34H46N10O8. The summed E-state index contributed by atoms with van der Waals surface area (Å²) in [7, 11) is 0. The first-order valence-electron chi connectivity index (χ1n) is 17.0. The molecule has 8 heterocycles. The number of nitrogen functional groups attached to an aromatic ring is 4. The Balaban J connectivity index is 0.000000162. The molecule has 4 fully saturated rings. The number of ether oxygens (including phenoxy) is 8. The highest BCUT2D eigenvalue weighted by atomic mass is 16.8. The van der Waals surface area contributed by atoms with Gasteiger partial charge in [-0.15, -0.1) is 0 Å². The van der Waals surface area contributed by atoms with E-state index in [0.717, 1.165) is 0 Å². The van der Waals surface area contributed by atoms with Gasteiger partial charge in [-0.2, -0.15) is 19.9 Å². The van der Waals surface area contributed by atoms with E-state index in [9.17, 15) is 0 Å². The van der Waals surface area contributed by atoms with Crippen LogP contribution in [-0.2, 0) is 37.9 Å². The van der Waals surface area contributed by atoms with Gasteiger partial charge in [0.2, 0.25) is 11.9 Å². The van der Waals surface area contributed by atoms with Crippen LogP contribution in [0, 0.1) is 0 Å². The zero-order chi connectivity index (χ0) is 37.3. The molecule has 280 valence electrons. The Morgan fingerprint density at radius 3 is 1.44 bits per heavy atom. The second-order valence-corrected chi connectivity index (χ2v) is 14.1. The average Bonchev–Trinajstić information content (AvgIpc) is 3.87. The summed E-state index contributed by atoms with van der Waals surface area (Å²) in [5.74, 6) is 1.37. The van der Waals surface area contributed by atoms with Crippen molar-refractivity contribution < 1.29 is 37.9 Å². The maximum Gasteiger partial charge on any atom is 0.272 e. The molecule has 52 heavy (non-hydrogen) atoms. The summed E-state index contributed by atoms with van der Waals surface area (Å²) in [4.78, 5) is 16.7. The predicted molar refractivity (Wildman–Crippen MR) is 190 cm³/mol. The van der Waals surface area contributed by atoms with Crippen LogP contribution in [0.25, 0.3) is 22.1 Å². The van der Waals surface area contributed by atoms with Crippen molar-refractivity contribution in [3.05, 3.63) is 49.6 Å². The largest absolute Gasteiger partial charge is 0.455 e. The first-order chi connectivity index (χ1) is 24.6. The lowest BCUT2D eigenvalue weighted by molar-refractivity contribution is -0.114. The van der Waals surface area contributed by atoms with Gasteiger partial charge < -0.3 is 70.0 Å². The van der Waals surface area contributed by atoms with Crippen molar-refractivity contribution in [3.63, 3.8) is 0 Å². The second kappa shape index (κ2) is 12.9. The van der Waals surface area contributed by atoms with Crippen molar-refractivity contribution in [2.45, 2.75) is 102 Å². The van der Waals surface area contributed by atoms with Crippen molar-refractivity contribution in [2.75, 3.05) is 36.1 Å². The Morgan fingerprint density at radius 2 is 1.08 bits per heavy atom. The van der Waals surface area contributed by atoms with Gasteiger partial charge in [0.1, 0.15) is 35.1 Å². The minimum Gasteiger partial charge on any atom is -0.455 e. The second-order valence-electron chi connectivity index (χ2n) is 14.1. The fourth-order valence-corrected chi connectivity index (χ4v) is 7.23. The number of rotatable bonds is 8. The quantitative estimate of drug-likeness (QED) is 0.204. The molecule has 8 atom stereocenters. The van der Waals surface area contributed by atoms with Crippen LogP contribution in [0.5, 0.6) is 0 Å². The van der Waals surface area contributed by atoms with E-state index in [1.807, 2.05) is 75.2 Å². The first-order valence-corrected chi connectivity index (χ1v) is 17.0. The maximum atomic E-state index is 6.27. The highest BCUT2D eigenvalue weighted by Gasteiger charge is 2.64. The summed E-state index contributed by atoms with van der Waals surface area (Å²) in [6, 6.07) is 3.66. The molecule has 0 bridgehead atoms. The van der Waals surface area contributed by atoms with E-state index in [1.165, 1.54) is 0 Å². The Hall–Kier alpha value is -5.04. The topological polar surface area (TPSA) is 239 Å². The molecule has 4 aliphatic rings. The Kier molecular flexibility index (Phi) is 8.75. The van der Waals surface area contributed by atoms with E-state index in [4.69, 9.17) is 60.8 Å². The van der Waals surface area contributed by atoms with E-state index >= 15 is 0 Å². The third kappa shape index (κ3) is 5.94. The molecule has 0 spiro atoms. The highest BCUT2D eigenvalue weighted by Crippen LogP contribution is 2.51. The lowest BCUT2D eigenvalue weighted by atomic mass is 9.96. The van der Waals surface area contributed by atoms with Crippen LogP contribution in [0.15, 0.2) is 49.6 Å². The van der Waals surface area contributed by atoms with Gasteiger partial charge in [0.25, 0.3) is 11.9 Å². The summed E-state index contributed by atoms with van der Waals surface area (Å²) in [6.07, 6.45) is 1.44. The van der Waals surface area contributed by atoms with Gasteiger partial charge >= 0.3 is 0 Å². The molecule has 0 unspecified atom stereocenters. The molecule has 8 N–H and O–H groups in total. The molecule has 18 nitrogen and oxygen atoms in total. The van der Waals surface area contributed by atoms with Gasteiger partial charge in [0, 0.05) is 12.4 Å². The first kappa shape index (κ1) is 35.4. The molecule has 0 aromatic carbocycles. The molecule has 0 aliphatic carbocycles. The van der Waals surface area contributed by atoms with Gasteiger partial charge in [0.15, 0.2) is 35.9 Å².